The lowest BCUT2D eigenvalue weighted by atomic mass is 9.78. The van der Waals surface area contributed by atoms with Crippen LogP contribution in [-0.2, 0) is 29.4 Å². The Morgan fingerprint density at radius 3 is 1.78 bits per heavy atom. The van der Waals surface area contributed by atoms with Gasteiger partial charge in [-0.05, 0) is 73.4 Å². The average molecular weight is 826 g/mol. The van der Waals surface area contributed by atoms with Gasteiger partial charge < -0.3 is 19.5 Å². The summed E-state index contributed by atoms with van der Waals surface area (Å²) in [5, 5.41) is 3.07. The highest BCUT2D eigenvalue weighted by molar-refractivity contribution is 6.31. The predicted octanol–water partition coefficient (Wildman–Crippen LogP) is 12.4. The lowest BCUT2D eigenvalue weighted by molar-refractivity contribution is -0.163. The Morgan fingerprint density at radius 2 is 1.18 bits per heavy atom. The molecule has 2 atom stereocenters. The third-order valence-electron chi connectivity index (χ3n) is 11.8. The summed E-state index contributed by atoms with van der Waals surface area (Å²) in [7, 11) is 0. The summed E-state index contributed by atoms with van der Waals surface area (Å²) in [4.78, 5) is 42.0. The summed E-state index contributed by atoms with van der Waals surface area (Å²) in [5.74, 6) is -1.27. The van der Waals surface area contributed by atoms with Crippen molar-refractivity contribution in [2.75, 3.05) is 6.61 Å². The maximum Gasteiger partial charge on any atom is 0.407 e. The number of hydrogen-bond acceptors (Lipinski definition) is 6. The van der Waals surface area contributed by atoms with Crippen molar-refractivity contribution in [3.63, 3.8) is 0 Å². The molecule has 5 aromatic rings. The van der Waals surface area contributed by atoms with Crippen LogP contribution in [0.15, 0.2) is 127 Å². The normalized spacial score (nSPS) is 16.3. The number of benzene rings is 5. The number of carbonyl (C=O) groups excluding carboxylic acids is 3. The Bertz CT molecular complexity index is 2190. The summed E-state index contributed by atoms with van der Waals surface area (Å²) >= 11 is 7.02. The van der Waals surface area contributed by atoms with Crippen molar-refractivity contribution in [1.82, 2.24) is 5.32 Å². The Hall–Kier alpha value is -5.40. The number of esters is 2. The van der Waals surface area contributed by atoms with Gasteiger partial charge in [-0.15, -0.1) is 0 Å². The first kappa shape index (κ1) is 42.7. The fourth-order valence-corrected chi connectivity index (χ4v) is 9.20. The molecule has 0 aromatic heterocycles. The lowest BCUT2D eigenvalue weighted by Crippen LogP contribution is -2.47. The van der Waals surface area contributed by atoms with E-state index in [0.29, 0.717) is 27.6 Å². The molecule has 0 saturated heterocycles. The van der Waals surface area contributed by atoms with Gasteiger partial charge in [-0.1, -0.05) is 178 Å². The van der Waals surface area contributed by atoms with Gasteiger partial charge in [-0.2, -0.15) is 0 Å². The molecule has 0 aliphatic heterocycles. The van der Waals surface area contributed by atoms with E-state index in [1.54, 1.807) is 26.8 Å². The van der Waals surface area contributed by atoms with E-state index in [1.165, 1.54) is 50.5 Å². The molecule has 2 aliphatic rings. The van der Waals surface area contributed by atoms with Crippen LogP contribution in [0.25, 0.3) is 11.1 Å². The summed E-state index contributed by atoms with van der Waals surface area (Å²) in [5.41, 5.74) is 5.11. The molecule has 1 unspecified atom stereocenters. The molecular weight excluding hydrogens is 770 g/mol. The molecule has 1 N–H and O–H groups in total. The number of alkyl carbamates (subject to hydrolysis) is 1. The molecule has 1 saturated carbocycles. The Morgan fingerprint density at radius 1 is 0.650 bits per heavy atom. The topological polar surface area (TPSA) is 90.9 Å². The van der Waals surface area contributed by atoms with Crippen molar-refractivity contribution in [3.8, 4) is 11.1 Å². The van der Waals surface area contributed by atoms with Crippen molar-refractivity contribution in [2.45, 2.75) is 114 Å². The Balaban J connectivity index is 1.18. The van der Waals surface area contributed by atoms with E-state index in [0.717, 1.165) is 35.1 Å². The third kappa shape index (κ3) is 9.96. The van der Waals surface area contributed by atoms with Crippen LogP contribution in [0.1, 0.15) is 130 Å². The molecule has 0 heterocycles. The number of hydrogen-bond donors (Lipinski definition) is 1. The molecule has 7 rings (SSSR count). The monoisotopic (exact) mass is 825 g/mol. The van der Waals surface area contributed by atoms with Crippen molar-refractivity contribution in [1.29, 1.82) is 0 Å². The maximum absolute atomic E-state index is 14.6. The highest BCUT2D eigenvalue weighted by Gasteiger charge is 2.43. The van der Waals surface area contributed by atoms with Gasteiger partial charge >= 0.3 is 18.0 Å². The fraction of sp³-hybridized carbons (Fsp3) is 0.365. The molecule has 1 fully saturated rings. The van der Waals surface area contributed by atoms with Gasteiger partial charge in [-0.3, -0.25) is 4.79 Å². The summed E-state index contributed by atoms with van der Waals surface area (Å²) in [6.07, 6.45) is 9.76. The standard InChI is InChI=1S/C52H56ClNO6/c1-51(2,3)60-49(56)47(54-50(57)58-35-44-42-26-16-14-24-40(42)41-25-15-17-27-43(41)44)34-48(55)59-52(38-22-12-9-13-23-38,45-28-18-19-29-46(45)53)39-32-30-37(31-33-39)36-20-10-7-5-4-6-8-11-21-36/h9,12-19,22-33,36,44,47H,4-8,10-11,20-21,34-35H2,1-3H3,(H,54,57)/t47-,52?/m0/s1. The third-order valence-corrected chi connectivity index (χ3v) is 12.1. The second-order valence-corrected chi connectivity index (χ2v) is 17.5. The van der Waals surface area contributed by atoms with E-state index < -0.39 is 41.7 Å². The van der Waals surface area contributed by atoms with Crippen molar-refractivity contribution in [3.05, 3.63) is 166 Å². The van der Waals surface area contributed by atoms with E-state index in [4.69, 9.17) is 25.8 Å². The summed E-state index contributed by atoms with van der Waals surface area (Å²) < 4.78 is 18.3. The Kier molecular flexibility index (Phi) is 13.8. The molecule has 60 heavy (non-hydrogen) atoms. The number of fused-ring (bicyclic) bond motifs is 3. The van der Waals surface area contributed by atoms with Crippen molar-refractivity contribution in [2.24, 2.45) is 0 Å². The Labute approximate surface area is 359 Å². The molecule has 1 amide bonds. The molecule has 2 aliphatic carbocycles. The van der Waals surface area contributed by atoms with Crippen LogP contribution in [0.4, 0.5) is 4.79 Å². The second kappa shape index (κ2) is 19.3. The summed E-state index contributed by atoms with van der Waals surface area (Å²) in [6.45, 7) is 5.23. The minimum atomic E-state index is -1.51. The van der Waals surface area contributed by atoms with Crippen molar-refractivity contribution >= 4 is 29.6 Å². The first-order valence-corrected chi connectivity index (χ1v) is 21.9. The number of rotatable bonds is 11. The van der Waals surface area contributed by atoms with Crippen molar-refractivity contribution < 1.29 is 28.6 Å². The van der Waals surface area contributed by atoms with Crippen LogP contribution in [0.5, 0.6) is 0 Å². The number of carbonyl (C=O) groups is 3. The minimum Gasteiger partial charge on any atom is -0.458 e. The van der Waals surface area contributed by atoms with Gasteiger partial charge in [0.1, 0.15) is 18.2 Å². The van der Waals surface area contributed by atoms with Crippen LogP contribution in [0, 0.1) is 0 Å². The SMILES string of the molecule is CC(C)(C)OC(=O)[C@H](CC(=O)OC(c1ccccc1)(c1ccc(C2CCCCCCCCC2)cc1)c1ccccc1Cl)NC(=O)OCC1c2ccccc2-c2ccccc21. The highest BCUT2D eigenvalue weighted by Crippen LogP contribution is 2.46. The molecule has 7 nitrogen and oxygen atoms in total. The van der Waals surface area contributed by atoms with E-state index >= 15 is 0 Å². The van der Waals surface area contributed by atoms with E-state index in [9.17, 15) is 14.4 Å². The summed E-state index contributed by atoms with van der Waals surface area (Å²) in [6, 6.07) is 39.9. The zero-order valence-corrected chi connectivity index (χ0v) is 35.7. The largest absolute Gasteiger partial charge is 0.458 e. The number of amides is 1. The fourth-order valence-electron chi connectivity index (χ4n) is 8.93. The first-order valence-electron chi connectivity index (χ1n) is 21.5. The van der Waals surface area contributed by atoms with Gasteiger partial charge in [0.25, 0.3) is 0 Å². The first-order chi connectivity index (χ1) is 29.0. The van der Waals surface area contributed by atoms with Crippen LogP contribution >= 0.6 is 11.6 Å². The van der Waals surface area contributed by atoms with Gasteiger partial charge in [-0.25, -0.2) is 9.59 Å². The van der Waals surface area contributed by atoms with Gasteiger partial charge in [0.2, 0.25) is 0 Å². The van der Waals surface area contributed by atoms with Crippen LogP contribution in [0.2, 0.25) is 5.02 Å². The zero-order valence-electron chi connectivity index (χ0n) is 35.0. The van der Waals surface area contributed by atoms with Crippen LogP contribution < -0.4 is 5.32 Å². The maximum atomic E-state index is 14.6. The predicted molar refractivity (Wildman–Crippen MR) is 237 cm³/mol. The minimum absolute atomic E-state index is 0.0336. The number of ether oxygens (including phenoxy) is 3. The quantitative estimate of drug-likeness (QED) is 0.0810. The molecule has 0 radical (unpaired) electrons. The van der Waals surface area contributed by atoms with E-state index in [2.05, 4.69) is 29.6 Å². The smallest absolute Gasteiger partial charge is 0.407 e. The number of halogens is 1. The van der Waals surface area contributed by atoms with E-state index in [1.807, 2.05) is 97.1 Å². The van der Waals surface area contributed by atoms with Gasteiger partial charge in [0.15, 0.2) is 5.60 Å². The molecular formula is C52H56ClNO6. The zero-order chi connectivity index (χ0) is 42.1. The van der Waals surface area contributed by atoms with Crippen LogP contribution in [0.3, 0.4) is 0 Å². The molecule has 0 spiro atoms. The average Bonchev–Trinajstić information content (AvgIpc) is 3.57. The second-order valence-electron chi connectivity index (χ2n) is 17.1. The highest BCUT2D eigenvalue weighted by atomic mass is 35.5. The number of nitrogens with one attached hydrogen (secondary N) is 1. The van der Waals surface area contributed by atoms with Gasteiger partial charge in [0, 0.05) is 27.6 Å². The van der Waals surface area contributed by atoms with Crippen LogP contribution in [-0.4, -0.2) is 36.3 Å². The molecule has 8 heteroatoms. The molecule has 5 aromatic carbocycles. The van der Waals surface area contributed by atoms with E-state index in [-0.39, 0.29) is 12.5 Å². The lowest BCUT2D eigenvalue weighted by Gasteiger charge is -2.36. The molecule has 312 valence electrons. The van der Waals surface area contributed by atoms with Gasteiger partial charge in [0.05, 0.1) is 6.42 Å². The molecule has 0 bridgehead atoms.